The van der Waals surface area contributed by atoms with E-state index in [1.807, 2.05) is 0 Å². The molecule has 0 bridgehead atoms. The lowest BCUT2D eigenvalue weighted by molar-refractivity contribution is 0.354. The van der Waals surface area contributed by atoms with Gasteiger partial charge in [0, 0.05) is 10.5 Å². The van der Waals surface area contributed by atoms with Crippen molar-refractivity contribution < 1.29 is 0 Å². The van der Waals surface area contributed by atoms with E-state index in [1.165, 1.54) is 42.3 Å². The first kappa shape index (κ1) is 14.1. The lowest BCUT2D eigenvalue weighted by atomic mass is 9.89. The molecule has 1 aliphatic carbocycles. The number of hydrogen-bond donors (Lipinski definition) is 1. The highest BCUT2D eigenvalue weighted by atomic mass is 79.9. The summed E-state index contributed by atoms with van der Waals surface area (Å²) < 4.78 is 1.20. The number of halogens is 1. The van der Waals surface area contributed by atoms with Crippen LogP contribution in [0.3, 0.4) is 0 Å². The average Bonchev–Trinajstić information content (AvgIpc) is 2.74. The molecule has 1 N–H and O–H groups in total. The van der Waals surface area contributed by atoms with Crippen molar-refractivity contribution in [3.05, 3.63) is 34.3 Å². The molecule has 1 aromatic carbocycles. The van der Waals surface area contributed by atoms with Crippen molar-refractivity contribution in [2.75, 3.05) is 6.54 Å². The van der Waals surface area contributed by atoms with Gasteiger partial charge < -0.3 is 5.32 Å². The molecule has 0 heterocycles. The zero-order valence-electron chi connectivity index (χ0n) is 11.5. The standard InChI is InChI=1S/C16H24BrN/c1-12(2)18-11-15-7-4-6-14(15)9-13-5-3-8-16(17)10-13/h3,5,8,10,12,14-15,18H,4,6-7,9,11H2,1-2H3. The maximum Gasteiger partial charge on any atom is 0.0177 e. The van der Waals surface area contributed by atoms with Gasteiger partial charge in [0.15, 0.2) is 0 Å². The van der Waals surface area contributed by atoms with E-state index in [0.29, 0.717) is 6.04 Å². The highest BCUT2D eigenvalue weighted by Crippen LogP contribution is 2.34. The van der Waals surface area contributed by atoms with Crippen molar-refractivity contribution in [1.82, 2.24) is 5.32 Å². The summed E-state index contributed by atoms with van der Waals surface area (Å²) in [6, 6.07) is 9.39. The smallest absolute Gasteiger partial charge is 0.0177 e. The molecule has 0 saturated heterocycles. The van der Waals surface area contributed by atoms with E-state index in [4.69, 9.17) is 0 Å². The second kappa shape index (κ2) is 6.72. The van der Waals surface area contributed by atoms with E-state index < -0.39 is 0 Å². The van der Waals surface area contributed by atoms with E-state index in [9.17, 15) is 0 Å². The van der Waals surface area contributed by atoms with E-state index >= 15 is 0 Å². The Bertz CT molecular complexity index is 375. The molecule has 2 unspecified atom stereocenters. The van der Waals surface area contributed by atoms with Gasteiger partial charge in [-0.3, -0.25) is 0 Å². The summed E-state index contributed by atoms with van der Waals surface area (Å²) in [4.78, 5) is 0. The third-order valence-electron chi connectivity index (χ3n) is 3.99. The van der Waals surface area contributed by atoms with Crippen LogP contribution < -0.4 is 5.32 Å². The van der Waals surface area contributed by atoms with Crippen LogP contribution in [0.25, 0.3) is 0 Å². The Morgan fingerprint density at radius 3 is 2.78 bits per heavy atom. The van der Waals surface area contributed by atoms with Gasteiger partial charge in [-0.05, 0) is 55.3 Å². The molecule has 0 spiro atoms. The largest absolute Gasteiger partial charge is 0.314 e. The third-order valence-corrected chi connectivity index (χ3v) is 4.48. The van der Waals surface area contributed by atoms with Crippen molar-refractivity contribution in [2.24, 2.45) is 11.8 Å². The van der Waals surface area contributed by atoms with Crippen molar-refractivity contribution in [3.63, 3.8) is 0 Å². The Morgan fingerprint density at radius 2 is 2.06 bits per heavy atom. The van der Waals surface area contributed by atoms with Gasteiger partial charge in [0.25, 0.3) is 0 Å². The summed E-state index contributed by atoms with van der Waals surface area (Å²) in [7, 11) is 0. The monoisotopic (exact) mass is 309 g/mol. The van der Waals surface area contributed by atoms with Crippen molar-refractivity contribution in [3.8, 4) is 0 Å². The molecule has 2 atom stereocenters. The fourth-order valence-corrected chi connectivity index (χ4v) is 3.45. The third kappa shape index (κ3) is 4.10. The molecule has 2 rings (SSSR count). The first-order chi connectivity index (χ1) is 8.65. The first-order valence-corrected chi connectivity index (χ1v) is 7.92. The Morgan fingerprint density at radius 1 is 1.28 bits per heavy atom. The van der Waals surface area contributed by atoms with Crippen LogP contribution in [0.5, 0.6) is 0 Å². The van der Waals surface area contributed by atoms with E-state index in [1.54, 1.807) is 0 Å². The van der Waals surface area contributed by atoms with Crippen LogP contribution in [0.15, 0.2) is 28.7 Å². The van der Waals surface area contributed by atoms with Gasteiger partial charge >= 0.3 is 0 Å². The summed E-state index contributed by atoms with van der Waals surface area (Å²) in [6.45, 7) is 5.66. The van der Waals surface area contributed by atoms with Gasteiger partial charge in [0.2, 0.25) is 0 Å². The Balaban J connectivity index is 1.91. The van der Waals surface area contributed by atoms with Gasteiger partial charge in [-0.2, -0.15) is 0 Å². The van der Waals surface area contributed by atoms with E-state index in [2.05, 4.69) is 59.4 Å². The van der Waals surface area contributed by atoms with Crippen LogP contribution in [-0.2, 0) is 6.42 Å². The second-order valence-corrected chi connectivity index (χ2v) is 6.76. The van der Waals surface area contributed by atoms with E-state index in [-0.39, 0.29) is 0 Å². The number of hydrogen-bond acceptors (Lipinski definition) is 1. The predicted molar refractivity (Wildman–Crippen MR) is 81.8 cm³/mol. The van der Waals surface area contributed by atoms with Crippen LogP contribution in [0.1, 0.15) is 38.7 Å². The molecule has 1 saturated carbocycles. The lowest BCUT2D eigenvalue weighted by Gasteiger charge is -2.21. The highest BCUT2D eigenvalue weighted by molar-refractivity contribution is 9.10. The number of rotatable bonds is 5. The Kier molecular flexibility index (Phi) is 5.25. The predicted octanol–water partition coefficient (Wildman–Crippen LogP) is 4.41. The minimum Gasteiger partial charge on any atom is -0.314 e. The van der Waals surface area contributed by atoms with Gasteiger partial charge in [-0.25, -0.2) is 0 Å². The van der Waals surface area contributed by atoms with Crippen molar-refractivity contribution in [2.45, 2.75) is 45.6 Å². The Hall–Kier alpha value is -0.340. The lowest BCUT2D eigenvalue weighted by Crippen LogP contribution is -2.31. The van der Waals surface area contributed by atoms with Gasteiger partial charge in [-0.1, -0.05) is 48.3 Å². The van der Waals surface area contributed by atoms with Gasteiger partial charge in [-0.15, -0.1) is 0 Å². The maximum absolute atomic E-state index is 3.61. The molecule has 0 aromatic heterocycles. The van der Waals surface area contributed by atoms with Gasteiger partial charge in [0.1, 0.15) is 0 Å². The molecule has 100 valence electrons. The molecule has 0 radical (unpaired) electrons. The molecule has 1 aliphatic rings. The molecule has 0 amide bonds. The molecular formula is C16H24BrN. The van der Waals surface area contributed by atoms with Crippen molar-refractivity contribution in [1.29, 1.82) is 0 Å². The maximum atomic E-state index is 3.61. The van der Waals surface area contributed by atoms with Gasteiger partial charge in [0.05, 0.1) is 0 Å². The van der Waals surface area contributed by atoms with Crippen LogP contribution in [0, 0.1) is 11.8 Å². The summed E-state index contributed by atoms with van der Waals surface area (Å²) in [5.74, 6) is 1.73. The number of benzene rings is 1. The summed E-state index contributed by atoms with van der Waals surface area (Å²) in [5.41, 5.74) is 1.48. The molecule has 0 aliphatic heterocycles. The molecule has 2 heteroatoms. The minimum absolute atomic E-state index is 0.608. The SMILES string of the molecule is CC(C)NCC1CCCC1Cc1cccc(Br)c1. The van der Waals surface area contributed by atoms with E-state index in [0.717, 1.165) is 11.8 Å². The zero-order valence-corrected chi connectivity index (χ0v) is 13.0. The van der Waals surface area contributed by atoms with Crippen LogP contribution in [-0.4, -0.2) is 12.6 Å². The van der Waals surface area contributed by atoms with Crippen molar-refractivity contribution >= 4 is 15.9 Å². The fraction of sp³-hybridized carbons (Fsp3) is 0.625. The molecule has 1 aromatic rings. The summed E-state index contributed by atoms with van der Waals surface area (Å²) >= 11 is 3.56. The molecular weight excluding hydrogens is 286 g/mol. The fourth-order valence-electron chi connectivity index (χ4n) is 3.00. The van der Waals surface area contributed by atoms with Crippen LogP contribution in [0.2, 0.25) is 0 Å². The highest BCUT2D eigenvalue weighted by Gasteiger charge is 2.27. The number of nitrogens with one attached hydrogen (secondary N) is 1. The van der Waals surface area contributed by atoms with Crippen LogP contribution in [0.4, 0.5) is 0 Å². The normalized spacial score (nSPS) is 23.8. The second-order valence-electron chi connectivity index (χ2n) is 5.85. The van der Waals surface area contributed by atoms with Crippen LogP contribution >= 0.6 is 15.9 Å². The molecule has 1 nitrogen and oxygen atoms in total. The molecule has 18 heavy (non-hydrogen) atoms. The summed E-state index contributed by atoms with van der Waals surface area (Å²) in [5, 5.41) is 3.61. The minimum atomic E-state index is 0.608. The topological polar surface area (TPSA) is 12.0 Å². The average molecular weight is 310 g/mol. The quantitative estimate of drug-likeness (QED) is 0.849. The summed E-state index contributed by atoms with van der Waals surface area (Å²) in [6.07, 6.45) is 5.45. The Labute approximate surface area is 119 Å². The first-order valence-electron chi connectivity index (χ1n) is 7.13. The zero-order chi connectivity index (χ0) is 13.0. The molecule has 1 fully saturated rings.